The maximum atomic E-state index is 11.7. The van der Waals surface area contributed by atoms with Gasteiger partial charge < -0.3 is 31.1 Å². The summed E-state index contributed by atoms with van der Waals surface area (Å²) < 4.78 is 0. The number of aliphatic carboxylic acids is 1. The van der Waals surface area contributed by atoms with E-state index in [1.165, 1.54) is 0 Å². The zero-order valence-corrected chi connectivity index (χ0v) is 11.1. The lowest BCUT2D eigenvalue weighted by atomic mass is 10.2. The van der Waals surface area contributed by atoms with Gasteiger partial charge in [0.25, 0.3) is 0 Å². The SMILES string of the molecule is O=C(NCC[C@H](O)C(=O)O)NCC(=O)N1CCNCC1. The van der Waals surface area contributed by atoms with Crippen LogP contribution in [0.1, 0.15) is 6.42 Å². The van der Waals surface area contributed by atoms with Gasteiger partial charge in [-0.3, -0.25) is 4.79 Å². The van der Waals surface area contributed by atoms with E-state index in [-0.39, 0.29) is 25.4 Å². The summed E-state index contributed by atoms with van der Waals surface area (Å²) in [5, 5.41) is 25.3. The number of carbonyl (C=O) groups is 3. The molecule has 1 saturated heterocycles. The number of carboxylic acid groups (broad SMARTS) is 1. The van der Waals surface area contributed by atoms with Gasteiger partial charge in [0, 0.05) is 39.1 Å². The fourth-order valence-corrected chi connectivity index (χ4v) is 1.69. The minimum atomic E-state index is -1.50. The Morgan fingerprint density at radius 2 is 1.85 bits per heavy atom. The molecule has 0 radical (unpaired) electrons. The Labute approximate surface area is 116 Å². The second-order valence-electron chi connectivity index (χ2n) is 4.38. The summed E-state index contributed by atoms with van der Waals surface area (Å²) in [5.74, 6) is -1.49. The van der Waals surface area contributed by atoms with Gasteiger partial charge >= 0.3 is 12.0 Å². The molecule has 0 aliphatic carbocycles. The average molecular weight is 288 g/mol. The lowest BCUT2D eigenvalue weighted by Gasteiger charge is -2.27. The van der Waals surface area contributed by atoms with Crippen molar-refractivity contribution in [3.05, 3.63) is 0 Å². The Morgan fingerprint density at radius 3 is 2.45 bits per heavy atom. The fraction of sp³-hybridized carbons (Fsp3) is 0.727. The van der Waals surface area contributed by atoms with Crippen LogP contribution in [0.4, 0.5) is 4.79 Å². The monoisotopic (exact) mass is 288 g/mol. The number of hydrogen-bond acceptors (Lipinski definition) is 5. The first-order valence-electron chi connectivity index (χ1n) is 6.41. The first kappa shape index (κ1) is 16.2. The van der Waals surface area contributed by atoms with E-state index in [0.717, 1.165) is 13.1 Å². The van der Waals surface area contributed by atoms with Crippen LogP contribution >= 0.6 is 0 Å². The molecule has 1 atom stereocenters. The number of nitrogens with one attached hydrogen (secondary N) is 3. The van der Waals surface area contributed by atoms with Crippen molar-refractivity contribution in [3.63, 3.8) is 0 Å². The van der Waals surface area contributed by atoms with Crippen molar-refractivity contribution in [2.24, 2.45) is 0 Å². The maximum Gasteiger partial charge on any atom is 0.332 e. The molecule has 0 aromatic heterocycles. The molecule has 0 saturated carbocycles. The number of hydrogen-bond donors (Lipinski definition) is 5. The van der Waals surface area contributed by atoms with Crippen molar-refractivity contribution >= 4 is 17.9 Å². The highest BCUT2D eigenvalue weighted by molar-refractivity contribution is 5.84. The Bertz CT molecular complexity index is 357. The third-order valence-corrected chi connectivity index (χ3v) is 2.86. The van der Waals surface area contributed by atoms with E-state index < -0.39 is 18.1 Å². The molecule has 0 aromatic rings. The van der Waals surface area contributed by atoms with Crippen molar-refractivity contribution in [2.75, 3.05) is 39.3 Å². The smallest absolute Gasteiger partial charge is 0.332 e. The van der Waals surface area contributed by atoms with Gasteiger partial charge in [-0.25, -0.2) is 9.59 Å². The number of aliphatic hydroxyl groups is 1. The van der Waals surface area contributed by atoms with Crippen LogP contribution in [0.25, 0.3) is 0 Å². The molecule has 0 unspecified atom stereocenters. The highest BCUT2D eigenvalue weighted by Crippen LogP contribution is 1.92. The topological polar surface area (TPSA) is 131 Å². The highest BCUT2D eigenvalue weighted by atomic mass is 16.4. The minimum Gasteiger partial charge on any atom is -0.479 e. The third-order valence-electron chi connectivity index (χ3n) is 2.86. The number of urea groups is 1. The third kappa shape index (κ3) is 5.85. The van der Waals surface area contributed by atoms with Gasteiger partial charge in [0.05, 0.1) is 6.54 Å². The summed E-state index contributed by atoms with van der Waals surface area (Å²) in [7, 11) is 0. The molecule has 9 nitrogen and oxygen atoms in total. The number of nitrogens with zero attached hydrogens (tertiary/aromatic N) is 1. The molecule has 1 fully saturated rings. The minimum absolute atomic E-state index is 0.0150. The van der Waals surface area contributed by atoms with Crippen molar-refractivity contribution in [1.29, 1.82) is 0 Å². The summed E-state index contributed by atoms with van der Waals surface area (Å²) in [4.78, 5) is 35.0. The number of piperazine rings is 1. The van der Waals surface area contributed by atoms with E-state index in [1.54, 1.807) is 4.90 Å². The van der Waals surface area contributed by atoms with Crippen LogP contribution in [0.2, 0.25) is 0 Å². The predicted octanol–water partition coefficient (Wildman–Crippen LogP) is -2.45. The lowest BCUT2D eigenvalue weighted by Crippen LogP contribution is -2.50. The zero-order valence-electron chi connectivity index (χ0n) is 11.1. The van der Waals surface area contributed by atoms with Crippen LogP contribution in [0, 0.1) is 0 Å². The van der Waals surface area contributed by atoms with Crippen LogP contribution in [0.5, 0.6) is 0 Å². The van der Waals surface area contributed by atoms with E-state index in [4.69, 9.17) is 10.2 Å². The largest absolute Gasteiger partial charge is 0.479 e. The van der Waals surface area contributed by atoms with Gasteiger partial charge in [-0.1, -0.05) is 0 Å². The molecule has 1 aliphatic heterocycles. The summed E-state index contributed by atoms with van der Waals surface area (Å²) in [6.45, 7) is 2.63. The molecule has 20 heavy (non-hydrogen) atoms. The average Bonchev–Trinajstić information content (AvgIpc) is 2.45. The van der Waals surface area contributed by atoms with Crippen molar-refractivity contribution in [2.45, 2.75) is 12.5 Å². The summed E-state index contributed by atoms with van der Waals surface area (Å²) in [5.41, 5.74) is 0. The normalized spacial score (nSPS) is 16.4. The summed E-state index contributed by atoms with van der Waals surface area (Å²) in [6.07, 6.45) is -1.59. The molecule has 5 N–H and O–H groups in total. The second kappa shape index (κ2) is 8.33. The Kier molecular flexibility index (Phi) is 6.74. The number of carboxylic acids is 1. The second-order valence-corrected chi connectivity index (χ2v) is 4.38. The van der Waals surface area contributed by atoms with Gasteiger partial charge in [0.15, 0.2) is 6.10 Å². The van der Waals surface area contributed by atoms with Crippen molar-refractivity contribution < 1.29 is 24.6 Å². The van der Waals surface area contributed by atoms with Gasteiger partial charge in [0.2, 0.25) is 5.91 Å². The number of aliphatic hydroxyl groups excluding tert-OH is 1. The Hall–Kier alpha value is -1.87. The molecule has 114 valence electrons. The Balaban J connectivity index is 2.13. The van der Waals surface area contributed by atoms with E-state index in [2.05, 4.69) is 16.0 Å². The molecule has 0 bridgehead atoms. The van der Waals surface area contributed by atoms with Crippen LogP contribution in [-0.4, -0.2) is 78.4 Å². The van der Waals surface area contributed by atoms with E-state index in [9.17, 15) is 14.4 Å². The van der Waals surface area contributed by atoms with Gasteiger partial charge in [0.1, 0.15) is 0 Å². The van der Waals surface area contributed by atoms with Crippen LogP contribution in [0.3, 0.4) is 0 Å². The Morgan fingerprint density at radius 1 is 1.20 bits per heavy atom. The number of carbonyl (C=O) groups excluding carboxylic acids is 2. The van der Waals surface area contributed by atoms with Gasteiger partial charge in [-0.2, -0.15) is 0 Å². The van der Waals surface area contributed by atoms with Crippen molar-refractivity contribution in [3.8, 4) is 0 Å². The molecule has 3 amide bonds. The van der Waals surface area contributed by atoms with Crippen molar-refractivity contribution in [1.82, 2.24) is 20.9 Å². The molecule has 0 spiro atoms. The number of amides is 3. The van der Waals surface area contributed by atoms with Crippen LogP contribution in [0.15, 0.2) is 0 Å². The maximum absolute atomic E-state index is 11.7. The van der Waals surface area contributed by atoms with E-state index >= 15 is 0 Å². The van der Waals surface area contributed by atoms with Crippen LogP contribution < -0.4 is 16.0 Å². The number of rotatable bonds is 6. The standard InChI is InChI=1S/C11H20N4O5/c16-8(10(18)19)1-2-13-11(20)14-7-9(17)15-5-3-12-4-6-15/h8,12,16H,1-7H2,(H,18,19)(H2,13,14,20)/t8-/m0/s1. The molecular formula is C11H20N4O5. The molecule has 1 heterocycles. The first-order chi connectivity index (χ1) is 9.50. The summed E-state index contributed by atoms with van der Waals surface area (Å²) in [6, 6.07) is -0.564. The summed E-state index contributed by atoms with van der Waals surface area (Å²) >= 11 is 0. The predicted molar refractivity (Wildman–Crippen MR) is 69.1 cm³/mol. The molecule has 9 heteroatoms. The fourth-order valence-electron chi connectivity index (χ4n) is 1.69. The highest BCUT2D eigenvalue weighted by Gasteiger charge is 2.17. The zero-order chi connectivity index (χ0) is 15.0. The molecular weight excluding hydrogens is 268 g/mol. The quantitative estimate of drug-likeness (QED) is 0.369. The molecule has 1 rings (SSSR count). The van der Waals surface area contributed by atoms with Crippen LogP contribution in [-0.2, 0) is 9.59 Å². The lowest BCUT2D eigenvalue weighted by molar-refractivity contribution is -0.146. The molecule has 0 aromatic carbocycles. The van der Waals surface area contributed by atoms with Gasteiger partial charge in [-0.05, 0) is 0 Å². The molecule has 1 aliphatic rings. The first-order valence-corrected chi connectivity index (χ1v) is 6.41. The van der Waals surface area contributed by atoms with Gasteiger partial charge in [-0.15, -0.1) is 0 Å². The van der Waals surface area contributed by atoms with E-state index in [1.807, 2.05) is 0 Å². The van der Waals surface area contributed by atoms with E-state index in [0.29, 0.717) is 13.1 Å².